The van der Waals surface area contributed by atoms with E-state index >= 15 is 0 Å². The molecule has 1 aromatic heterocycles. The maximum absolute atomic E-state index is 5.76. The molecule has 2 aromatic rings. The molecule has 1 aromatic carbocycles. The first-order chi connectivity index (χ1) is 7.16. The standard InChI is InChI=1S/C10H7BrClN3/c1-6-2-3-7(11)4-8(6)10-14-9(12)5-13-15-10/h2-5H,1H3. The van der Waals surface area contributed by atoms with E-state index in [1.165, 1.54) is 6.20 Å². The van der Waals surface area contributed by atoms with Crippen LogP contribution >= 0.6 is 27.5 Å². The van der Waals surface area contributed by atoms with Crippen LogP contribution < -0.4 is 0 Å². The van der Waals surface area contributed by atoms with Crippen molar-refractivity contribution in [2.24, 2.45) is 0 Å². The summed E-state index contributed by atoms with van der Waals surface area (Å²) in [6.07, 6.45) is 1.42. The highest BCUT2D eigenvalue weighted by molar-refractivity contribution is 9.10. The van der Waals surface area contributed by atoms with E-state index in [-0.39, 0.29) is 0 Å². The highest BCUT2D eigenvalue weighted by atomic mass is 79.9. The lowest BCUT2D eigenvalue weighted by Crippen LogP contribution is -1.93. The number of halogens is 2. The van der Waals surface area contributed by atoms with E-state index in [1.54, 1.807) is 0 Å². The van der Waals surface area contributed by atoms with E-state index in [9.17, 15) is 0 Å². The normalized spacial score (nSPS) is 10.3. The summed E-state index contributed by atoms with van der Waals surface area (Å²) in [6.45, 7) is 1.99. The molecule has 0 aliphatic heterocycles. The van der Waals surface area contributed by atoms with Crippen molar-refractivity contribution >= 4 is 27.5 Å². The van der Waals surface area contributed by atoms with Gasteiger partial charge in [0.1, 0.15) is 0 Å². The van der Waals surface area contributed by atoms with Gasteiger partial charge in [-0.05, 0) is 24.6 Å². The topological polar surface area (TPSA) is 38.7 Å². The molecule has 0 radical (unpaired) electrons. The van der Waals surface area contributed by atoms with Gasteiger partial charge in [-0.2, -0.15) is 5.10 Å². The second-order valence-electron chi connectivity index (χ2n) is 3.06. The molecule has 0 atom stereocenters. The van der Waals surface area contributed by atoms with Gasteiger partial charge in [0.15, 0.2) is 11.0 Å². The lowest BCUT2D eigenvalue weighted by atomic mass is 10.1. The molecule has 0 bridgehead atoms. The minimum Gasteiger partial charge on any atom is -0.213 e. The second kappa shape index (κ2) is 4.24. The molecular formula is C10H7BrClN3. The summed E-state index contributed by atoms with van der Waals surface area (Å²) in [5, 5.41) is 8.06. The third kappa shape index (κ3) is 2.33. The largest absolute Gasteiger partial charge is 0.213 e. The fraction of sp³-hybridized carbons (Fsp3) is 0.100. The van der Waals surface area contributed by atoms with Crippen LogP contribution in [0.25, 0.3) is 11.4 Å². The smallest absolute Gasteiger partial charge is 0.183 e. The van der Waals surface area contributed by atoms with Gasteiger partial charge < -0.3 is 0 Å². The van der Waals surface area contributed by atoms with E-state index < -0.39 is 0 Å². The van der Waals surface area contributed by atoms with Gasteiger partial charge in [-0.3, -0.25) is 0 Å². The molecular weight excluding hydrogens is 277 g/mol. The van der Waals surface area contributed by atoms with Crippen LogP contribution in [0.2, 0.25) is 5.15 Å². The number of aryl methyl sites for hydroxylation is 1. The van der Waals surface area contributed by atoms with Gasteiger partial charge in [-0.25, -0.2) is 4.98 Å². The average Bonchev–Trinajstić information content (AvgIpc) is 2.22. The van der Waals surface area contributed by atoms with Crippen molar-refractivity contribution in [2.75, 3.05) is 0 Å². The molecule has 15 heavy (non-hydrogen) atoms. The molecule has 0 saturated heterocycles. The minimum atomic E-state index is 0.347. The van der Waals surface area contributed by atoms with E-state index in [0.29, 0.717) is 11.0 Å². The predicted molar refractivity (Wildman–Crippen MR) is 62.7 cm³/mol. The number of aromatic nitrogens is 3. The SMILES string of the molecule is Cc1ccc(Br)cc1-c1nncc(Cl)n1. The molecule has 1 heterocycles. The van der Waals surface area contributed by atoms with Crippen LogP contribution in [0.4, 0.5) is 0 Å². The van der Waals surface area contributed by atoms with Crippen molar-refractivity contribution in [1.29, 1.82) is 0 Å². The summed E-state index contributed by atoms with van der Waals surface area (Å²) in [7, 11) is 0. The molecule has 0 aliphatic rings. The fourth-order valence-electron chi connectivity index (χ4n) is 1.23. The van der Waals surface area contributed by atoms with Crippen LogP contribution in [-0.2, 0) is 0 Å². The number of rotatable bonds is 1. The van der Waals surface area contributed by atoms with Gasteiger partial charge in [0.2, 0.25) is 0 Å². The Morgan fingerprint density at radius 1 is 1.33 bits per heavy atom. The Kier molecular flexibility index (Phi) is 2.98. The van der Waals surface area contributed by atoms with Crippen LogP contribution in [0.5, 0.6) is 0 Å². The summed E-state index contributed by atoms with van der Waals surface area (Å²) in [5.41, 5.74) is 2.02. The number of hydrogen-bond acceptors (Lipinski definition) is 3. The molecule has 0 amide bonds. The number of hydrogen-bond donors (Lipinski definition) is 0. The van der Waals surface area contributed by atoms with Crippen molar-refractivity contribution in [3.63, 3.8) is 0 Å². The highest BCUT2D eigenvalue weighted by Gasteiger charge is 2.06. The molecule has 0 fully saturated rings. The first kappa shape index (κ1) is 10.5. The number of benzene rings is 1. The summed E-state index contributed by atoms with van der Waals surface area (Å²) in [6, 6.07) is 5.91. The molecule has 0 N–H and O–H groups in total. The van der Waals surface area contributed by atoms with Gasteiger partial charge in [0.25, 0.3) is 0 Å². The summed E-state index contributed by atoms with van der Waals surface area (Å²) in [5.74, 6) is 0.543. The van der Waals surface area contributed by atoms with Gasteiger partial charge in [0, 0.05) is 10.0 Å². The average molecular weight is 285 g/mol. The fourth-order valence-corrected chi connectivity index (χ4v) is 1.72. The maximum atomic E-state index is 5.76. The summed E-state index contributed by atoms with van der Waals surface area (Å²) in [4.78, 5) is 4.12. The zero-order valence-electron chi connectivity index (χ0n) is 7.91. The molecule has 2 rings (SSSR count). The van der Waals surface area contributed by atoms with Gasteiger partial charge in [0.05, 0.1) is 6.20 Å². The minimum absolute atomic E-state index is 0.347. The zero-order valence-corrected chi connectivity index (χ0v) is 10.2. The van der Waals surface area contributed by atoms with E-state index in [0.717, 1.165) is 15.6 Å². The van der Waals surface area contributed by atoms with Crippen molar-refractivity contribution in [2.45, 2.75) is 6.92 Å². The lowest BCUT2D eigenvalue weighted by Gasteiger charge is -2.03. The van der Waals surface area contributed by atoms with Crippen molar-refractivity contribution in [3.05, 3.63) is 39.6 Å². The molecule has 0 spiro atoms. The van der Waals surface area contributed by atoms with Crippen molar-refractivity contribution < 1.29 is 0 Å². The Bertz CT molecular complexity index is 502. The Balaban J connectivity index is 2.58. The predicted octanol–water partition coefficient (Wildman–Crippen LogP) is 3.26. The van der Waals surface area contributed by atoms with E-state index in [2.05, 4.69) is 31.1 Å². The Hall–Kier alpha value is -1.00. The first-order valence-electron chi connectivity index (χ1n) is 4.28. The third-order valence-electron chi connectivity index (χ3n) is 1.97. The van der Waals surface area contributed by atoms with Crippen LogP contribution in [-0.4, -0.2) is 15.2 Å². The molecule has 3 nitrogen and oxygen atoms in total. The van der Waals surface area contributed by atoms with Crippen LogP contribution in [0.3, 0.4) is 0 Å². The molecule has 5 heteroatoms. The number of nitrogens with zero attached hydrogens (tertiary/aromatic N) is 3. The van der Waals surface area contributed by atoms with Crippen molar-refractivity contribution in [3.8, 4) is 11.4 Å². The van der Waals surface area contributed by atoms with Crippen molar-refractivity contribution in [1.82, 2.24) is 15.2 Å². The quantitative estimate of drug-likeness (QED) is 0.807. The Labute approximate surface area is 101 Å². The van der Waals surface area contributed by atoms with Crippen LogP contribution in [0.15, 0.2) is 28.9 Å². The van der Waals surface area contributed by atoms with Gasteiger partial charge in [-0.1, -0.05) is 33.6 Å². The Morgan fingerprint density at radius 3 is 2.87 bits per heavy atom. The monoisotopic (exact) mass is 283 g/mol. The Morgan fingerprint density at radius 2 is 2.13 bits per heavy atom. The highest BCUT2D eigenvalue weighted by Crippen LogP contribution is 2.24. The second-order valence-corrected chi connectivity index (χ2v) is 4.36. The summed E-state index contributed by atoms with van der Waals surface area (Å²) < 4.78 is 0.978. The lowest BCUT2D eigenvalue weighted by molar-refractivity contribution is 0.978. The zero-order chi connectivity index (χ0) is 10.8. The maximum Gasteiger partial charge on any atom is 0.183 e. The van der Waals surface area contributed by atoms with Crippen LogP contribution in [0.1, 0.15) is 5.56 Å². The molecule has 76 valence electrons. The van der Waals surface area contributed by atoms with E-state index in [1.807, 2.05) is 25.1 Å². The van der Waals surface area contributed by atoms with Gasteiger partial charge >= 0.3 is 0 Å². The molecule has 0 aliphatic carbocycles. The van der Waals surface area contributed by atoms with Gasteiger partial charge in [-0.15, -0.1) is 5.10 Å². The van der Waals surface area contributed by atoms with E-state index in [4.69, 9.17) is 11.6 Å². The van der Waals surface area contributed by atoms with Crippen LogP contribution in [0, 0.1) is 6.92 Å². The molecule has 0 saturated carbocycles. The first-order valence-corrected chi connectivity index (χ1v) is 5.45. The summed E-state index contributed by atoms with van der Waals surface area (Å²) >= 11 is 9.16. The molecule has 0 unspecified atom stereocenters. The third-order valence-corrected chi connectivity index (χ3v) is 2.65.